The quantitative estimate of drug-likeness (QED) is 0.180. The van der Waals surface area contributed by atoms with E-state index in [1.807, 2.05) is 79.1 Å². The summed E-state index contributed by atoms with van der Waals surface area (Å²) in [5.41, 5.74) is 6.40. The molecule has 0 aliphatic heterocycles. The number of benzene rings is 3. The SMILES string of the molecule is Cc1cccc(-c2[c-]cccc2)n1.Cc1ccnc(-c2[c-]ccc3c2sc2ccccc23)c1.[Ir]. The van der Waals surface area contributed by atoms with Crippen molar-refractivity contribution in [1.82, 2.24) is 9.97 Å². The monoisotopic (exact) mass is 635 g/mol. The number of nitrogens with zero attached hydrogens (tertiary/aromatic N) is 2. The van der Waals surface area contributed by atoms with E-state index in [1.165, 1.54) is 25.7 Å². The molecule has 0 aliphatic rings. The van der Waals surface area contributed by atoms with Gasteiger partial charge in [0.15, 0.2) is 0 Å². The Morgan fingerprint density at radius 1 is 0.735 bits per heavy atom. The van der Waals surface area contributed by atoms with Crippen molar-refractivity contribution in [1.29, 1.82) is 0 Å². The van der Waals surface area contributed by atoms with Crippen molar-refractivity contribution in [3.63, 3.8) is 0 Å². The summed E-state index contributed by atoms with van der Waals surface area (Å²) in [7, 11) is 0. The van der Waals surface area contributed by atoms with Gasteiger partial charge in [0.2, 0.25) is 0 Å². The van der Waals surface area contributed by atoms with Gasteiger partial charge in [0.05, 0.1) is 0 Å². The van der Waals surface area contributed by atoms with Crippen LogP contribution >= 0.6 is 11.3 Å². The van der Waals surface area contributed by atoms with Crippen LogP contribution in [0.25, 0.3) is 42.7 Å². The van der Waals surface area contributed by atoms with Crippen LogP contribution in [0, 0.1) is 26.0 Å². The molecule has 0 spiro atoms. The van der Waals surface area contributed by atoms with Crippen LogP contribution in [0.5, 0.6) is 0 Å². The van der Waals surface area contributed by atoms with Gasteiger partial charge in [0, 0.05) is 36.7 Å². The van der Waals surface area contributed by atoms with Crippen LogP contribution in [-0.2, 0) is 20.1 Å². The molecule has 6 aromatic rings. The number of rotatable bonds is 2. The first-order valence-corrected chi connectivity index (χ1v) is 11.7. The van der Waals surface area contributed by atoms with Crippen LogP contribution in [0.1, 0.15) is 11.3 Å². The first kappa shape index (κ1) is 24.0. The summed E-state index contributed by atoms with van der Waals surface area (Å²) in [5, 5.41) is 2.61. The van der Waals surface area contributed by atoms with E-state index in [1.54, 1.807) is 0 Å². The number of pyridine rings is 2. The van der Waals surface area contributed by atoms with Crippen molar-refractivity contribution in [2.75, 3.05) is 0 Å². The molecule has 3 heterocycles. The predicted molar refractivity (Wildman–Crippen MR) is 139 cm³/mol. The predicted octanol–water partition coefficient (Wildman–Crippen LogP) is 8.08. The summed E-state index contributed by atoms with van der Waals surface area (Å²) in [6.45, 7) is 4.09. The largest absolute Gasteiger partial charge is 0.305 e. The Bertz CT molecular complexity index is 1540. The molecule has 0 aliphatic carbocycles. The first-order valence-electron chi connectivity index (χ1n) is 10.8. The molecule has 0 saturated heterocycles. The van der Waals surface area contributed by atoms with E-state index in [0.717, 1.165) is 28.2 Å². The Hall–Kier alpha value is -3.17. The molecular formula is C30H22IrN2S-2. The van der Waals surface area contributed by atoms with Gasteiger partial charge in [-0.1, -0.05) is 47.3 Å². The van der Waals surface area contributed by atoms with E-state index in [4.69, 9.17) is 0 Å². The normalized spacial score (nSPS) is 10.4. The first-order chi connectivity index (χ1) is 16.2. The number of hydrogen-bond donors (Lipinski definition) is 0. The van der Waals surface area contributed by atoms with E-state index in [2.05, 4.69) is 65.4 Å². The van der Waals surface area contributed by atoms with Gasteiger partial charge in [0.25, 0.3) is 0 Å². The minimum Gasteiger partial charge on any atom is -0.305 e. The molecule has 2 nitrogen and oxygen atoms in total. The molecule has 6 rings (SSSR count). The summed E-state index contributed by atoms with van der Waals surface area (Å²) >= 11 is 1.82. The standard InChI is InChI=1S/C18H12NS.C12H10N.Ir/c1-12-9-10-19-16(11-12)15-7-4-6-14-13-5-2-3-8-17(13)20-18(14)15;1-10-6-5-9-12(13-10)11-7-3-2-4-8-11;/h2-6,8-11H,1H3;2-7,9H,1H3;/q2*-1;. The number of thiophene rings is 1. The van der Waals surface area contributed by atoms with Gasteiger partial charge >= 0.3 is 0 Å². The Balaban J connectivity index is 0.000000171. The Kier molecular flexibility index (Phi) is 7.64. The topological polar surface area (TPSA) is 25.8 Å². The fourth-order valence-corrected chi connectivity index (χ4v) is 5.01. The van der Waals surface area contributed by atoms with Gasteiger partial charge in [-0.05, 0) is 53.5 Å². The minimum atomic E-state index is 0. The maximum absolute atomic E-state index is 4.51. The summed E-state index contributed by atoms with van der Waals surface area (Å²) in [6.07, 6.45) is 1.87. The van der Waals surface area contributed by atoms with Crippen molar-refractivity contribution in [3.8, 4) is 22.5 Å². The second kappa shape index (κ2) is 10.8. The molecule has 3 aromatic heterocycles. The molecule has 0 bridgehead atoms. The van der Waals surface area contributed by atoms with Gasteiger partial charge in [-0.25, -0.2) is 0 Å². The zero-order valence-corrected chi connectivity index (χ0v) is 22.1. The van der Waals surface area contributed by atoms with Crippen LogP contribution in [0.2, 0.25) is 0 Å². The van der Waals surface area contributed by atoms with Crippen molar-refractivity contribution in [2.45, 2.75) is 13.8 Å². The van der Waals surface area contributed by atoms with Crippen LogP contribution in [0.4, 0.5) is 0 Å². The van der Waals surface area contributed by atoms with Crippen molar-refractivity contribution < 1.29 is 20.1 Å². The number of hydrogen-bond acceptors (Lipinski definition) is 3. The molecule has 0 atom stereocenters. The van der Waals surface area contributed by atoms with Gasteiger partial charge in [-0.3, -0.25) is 0 Å². The third-order valence-corrected chi connectivity index (χ3v) is 6.59. The summed E-state index contributed by atoms with van der Waals surface area (Å²) in [5.74, 6) is 0. The zero-order valence-electron chi connectivity index (χ0n) is 18.9. The van der Waals surface area contributed by atoms with E-state index in [0.29, 0.717) is 0 Å². The average Bonchev–Trinajstić information content (AvgIpc) is 3.24. The Morgan fingerprint density at radius 3 is 2.38 bits per heavy atom. The fraction of sp³-hybridized carbons (Fsp3) is 0.0667. The van der Waals surface area contributed by atoms with E-state index >= 15 is 0 Å². The summed E-state index contributed by atoms with van der Waals surface area (Å²) in [6, 6.07) is 37.2. The number of fused-ring (bicyclic) bond motifs is 3. The van der Waals surface area contributed by atoms with E-state index < -0.39 is 0 Å². The molecule has 0 amide bonds. The second-order valence-electron chi connectivity index (χ2n) is 7.85. The fourth-order valence-electron chi connectivity index (χ4n) is 3.80. The molecule has 0 unspecified atom stereocenters. The van der Waals surface area contributed by atoms with Gasteiger partial charge in [-0.2, -0.15) is 11.3 Å². The van der Waals surface area contributed by atoms with Crippen LogP contribution in [0.15, 0.2) is 97.2 Å². The molecule has 0 saturated carbocycles. The van der Waals surface area contributed by atoms with Gasteiger partial charge < -0.3 is 9.97 Å². The van der Waals surface area contributed by atoms with Crippen molar-refractivity contribution in [3.05, 3.63) is 121 Å². The maximum atomic E-state index is 4.51. The Labute approximate surface area is 217 Å². The maximum Gasteiger partial charge on any atom is 0.0266 e. The third kappa shape index (κ3) is 5.15. The van der Waals surface area contributed by atoms with Crippen molar-refractivity contribution in [2.24, 2.45) is 0 Å². The summed E-state index contributed by atoms with van der Waals surface area (Å²) in [4.78, 5) is 8.92. The zero-order chi connectivity index (χ0) is 22.6. The second-order valence-corrected chi connectivity index (χ2v) is 8.90. The third-order valence-electron chi connectivity index (χ3n) is 5.38. The summed E-state index contributed by atoms with van der Waals surface area (Å²) < 4.78 is 2.59. The molecule has 34 heavy (non-hydrogen) atoms. The number of aryl methyl sites for hydroxylation is 2. The van der Waals surface area contributed by atoms with Gasteiger partial charge in [0.1, 0.15) is 0 Å². The number of aromatic nitrogens is 2. The van der Waals surface area contributed by atoms with Crippen LogP contribution in [0.3, 0.4) is 0 Å². The van der Waals surface area contributed by atoms with E-state index in [-0.39, 0.29) is 20.1 Å². The Morgan fingerprint density at radius 2 is 1.59 bits per heavy atom. The molecule has 3 aromatic carbocycles. The smallest absolute Gasteiger partial charge is 0.0266 e. The minimum absolute atomic E-state index is 0. The van der Waals surface area contributed by atoms with Crippen LogP contribution in [-0.4, -0.2) is 9.97 Å². The van der Waals surface area contributed by atoms with E-state index in [9.17, 15) is 0 Å². The molecule has 0 N–H and O–H groups in total. The average molecular weight is 635 g/mol. The molecule has 1 radical (unpaired) electrons. The van der Waals surface area contributed by atoms with Gasteiger partial charge in [-0.15, -0.1) is 59.7 Å². The molecule has 169 valence electrons. The molecular weight excluding hydrogens is 613 g/mol. The van der Waals surface area contributed by atoms with Crippen LogP contribution < -0.4 is 0 Å². The molecule has 0 fully saturated rings. The van der Waals surface area contributed by atoms with Crippen molar-refractivity contribution >= 4 is 31.5 Å². The molecule has 4 heteroatoms.